The Morgan fingerprint density at radius 1 is 1.29 bits per heavy atom. The van der Waals surface area contributed by atoms with Gasteiger partial charge in [0, 0.05) is 10.0 Å². The summed E-state index contributed by atoms with van der Waals surface area (Å²) in [6.07, 6.45) is 0. The van der Waals surface area contributed by atoms with E-state index in [4.69, 9.17) is 16.3 Å². The van der Waals surface area contributed by atoms with E-state index in [-0.39, 0.29) is 11.1 Å². The fourth-order valence-electron chi connectivity index (χ4n) is 2.28. The number of hydrogen-bond acceptors (Lipinski definition) is 2. The third-order valence-electron chi connectivity index (χ3n) is 3.43. The van der Waals surface area contributed by atoms with E-state index in [0.717, 1.165) is 16.9 Å². The smallest absolute Gasteiger partial charge is 0.148 e. The second kappa shape index (κ2) is 6.77. The highest BCUT2D eigenvalue weighted by molar-refractivity contribution is 9.10. The molecule has 0 aromatic heterocycles. The lowest BCUT2D eigenvalue weighted by atomic mass is 9.97. The highest BCUT2D eigenvalue weighted by atomic mass is 79.9. The van der Waals surface area contributed by atoms with Crippen LogP contribution < -0.4 is 10.1 Å². The molecule has 0 saturated carbocycles. The first-order valence-electron chi connectivity index (χ1n) is 6.44. The molecule has 5 heteroatoms. The van der Waals surface area contributed by atoms with Gasteiger partial charge in [-0.3, -0.25) is 0 Å². The molecule has 0 radical (unpaired) electrons. The number of halogens is 3. The van der Waals surface area contributed by atoms with Gasteiger partial charge in [-0.05, 0) is 53.2 Å². The molecule has 0 saturated heterocycles. The number of rotatable bonds is 4. The van der Waals surface area contributed by atoms with E-state index in [1.807, 2.05) is 25.1 Å². The average molecular weight is 373 g/mol. The van der Waals surface area contributed by atoms with Gasteiger partial charge in [-0.15, -0.1) is 0 Å². The molecule has 0 aliphatic carbocycles. The summed E-state index contributed by atoms with van der Waals surface area (Å²) in [6, 6.07) is 8.98. The number of methoxy groups -OCH3 is 1. The molecule has 2 aromatic carbocycles. The highest BCUT2D eigenvalue weighted by Crippen LogP contribution is 2.34. The molecule has 2 aromatic rings. The summed E-state index contributed by atoms with van der Waals surface area (Å²) in [5.74, 6) is 0.348. The molecule has 21 heavy (non-hydrogen) atoms. The van der Waals surface area contributed by atoms with Crippen LogP contribution in [0.25, 0.3) is 0 Å². The van der Waals surface area contributed by atoms with E-state index in [1.54, 1.807) is 26.3 Å². The van der Waals surface area contributed by atoms with Crippen molar-refractivity contribution in [2.45, 2.75) is 13.0 Å². The van der Waals surface area contributed by atoms with Crippen molar-refractivity contribution >= 4 is 27.5 Å². The van der Waals surface area contributed by atoms with E-state index < -0.39 is 5.82 Å². The maximum atomic E-state index is 14.4. The third kappa shape index (κ3) is 3.23. The number of benzene rings is 2. The van der Waals surface area contributed by atoms with E-state index in [1.165, 1.54) is 0 Å². The van der Waals surface area contributed by atoms with Gasteiger partial charge in [0.1, 0.15) is 11.6 Å². The van der Waals surface area contributed by atoms with Crippen LogP contribution in [0.3, 0.4) is 0 Å². The molecule has 112 valence electrons. The lowest BCUT2D eigenvalue weighted by Gasteiger charge is -2.20. The van der Waals surface area contributed by atoms with E-state index in [0.29, 0.717) is 10.0 Å². The molecule has 0 fully saturated rings. The molecule has 2 nitrogen and oxygen atoms in total. The van der Waals surface area contributed by atoms with E-state index >= 15 is 0 Å². The van der Waals surface area contributed by atoms with E-state index in [2.05, 4.69) is 21.2 Å². The summed E-state index contributed by atoms with van der Waals surface area (Å²) in [7, 11) is 3.41. The minimum Gasteiger partial charge on any atom is -0.496 e. The van der Waals surface area contributed by atoms with Gasteiger partial charge in [0.05, 0.1) is 18.2 Å². The van der Waals surface area contributed by atoms with Gasteiger partial charge >= 0.3 is 0 Å². The maximum Gasteiger partial charge on any atom is 0.148 e. The summed E-state index contributed by atoms with van der Waals surface area (Å²) in [4.78, 5) is 0. The van der Waals surface area contributed by atoms with Gasteiger partial charge in [0.2, 0.25) is 0 Å². The van der Waals surface area contributed by atoms with Crippen molar-refractivity contribution < 1.29 is 9.13 Å². The van der Waals surface area contributed by atoms with Crippen LogP contribution in [0.15, 0.2) is 34.8 Å². The van der Waals surface area contributed by atoms with Crippen LogP contribution in [-0.2, 0) is 0 Å². The molecular formula is C16H16BrClFNO. The Morgan fingerprint density at radius 3 is 2.62 bits per heavy atom. The maximum absolute atomic E-state index is 14.4. The van der Waals surface area contributed by atoms with Gasteiger partial charge in [0.25, 0.3) is 0 Å². The predicted octanol–water partition coefficient (Wildman–Crippen LogP) is 4.87. The van der Waals surface area contributed by atoms with Crippen molar-refractivity contribution in [2.75, 3.05) is 14.2 Å². The van der Waals surface area contributed by atoms with Crippen molar-refractivity contribution in [2.24, 2.45) is 0 Å². The standard InChI is InChI=1S/C16H16BrClFNO/c1-9-4-5-10(8-13(9)21-3)16(20-2)11-6-7-12(17)14(18)15(11)19/h4-8,16,20H,1-3H3. The van der Waals surface area contributed by atoms with Crippen LogP contribution in [0.2, 0.25) is 5.02 Å². The van der Waals surface area contributed by atoms with Crippen LogP contribution >= 0.6 is 27.5 Å². The number of hydrogen-bond donors (Lipinski definition) is 1. The Morgan fingerprint density at radius 2 is 2.00 bits per heavy atom. The SMILES string of the molecule is CNC(c1ccc(C)c(OC)c1)c1ccc(Br)c(Cl)c1F. The van der Waals surface area contributed by atoms with Gasteiger partial charge in [0.15, 0.2) is 0 Å². The molecule has 0 heterocycles. The first-order valence-corrected chi connectivity index (χ1v) is 7.62. The van der Waals surface area contributed by atoms with E-state index in [9.17, 15) is 4.39 Å². The fraction of sp³-hybridized carbons (Fsp3) is 0.250. The number of ether oxygens (including phenoxy) is 1. The normalized spacial score (nSPS) is 12.3. The van der Waals surface area contributed by atoms with Crippen molar-refractivity contribution in [1.82, 2.24) is 5.32 Å². The number of nitrogens with one attached hydrogen (secondary N) is 1. The molecule has 1 atom stereocenters. The molecule has 0 bridgehead atoms. The van der Waals surface area contributed by atoms with Gasteiger partial charge in [-0.1, -0.05) is 29.8 Å². The molecule has 0 aliphatic heterocycles. The molecule has 2 rings (SSSR count). The Bertz CT molecular complexity index is 663. The van der Waals surface area contributed by atoms with Crippen molar-refractivity contribution in [1.29, 1.82) is 0 Å². The van der Waals surface area contributed by atoms with Gasteiger partial charge in [-0.25, -0.2) is 4.39 Å². The Labute approximate surface area is 137 Å². The monoisotopic (exact) mass is 371 g/mol. The Hall–Kier alpha value is -1.10. The van der Waals surface area contributed by atoms with Crippen molar-refractivity contribution in [3.8, 4) is 5.75 Å². The zero-order valence-corrected chi connectivity index (χ0v) is 14.3. The predicted molar refractivity (Wildman–Crippen MR) is 87.7 cm³/mol. The lowest BCUT2D eigenvalue weighted by molar-refractivity contribution is 0.410. The summed E-state index contributed by atoms with van der Waals surface area (Å²) >= 11 is 9.21. The van der Waals surface area contributed by atoms with Crippen LogP contribution in [0.4, 0.5) is 4.39 Å². The zero-order chi connectivity index (χ0) is 15.6. The summed E-state index contributed by atoms with van der Waals surface area (Å²) in [6.45, 7) is 1.97. The second-order valence-corrected chi connectivity index (χ2v) is 5.95. The number of aryl methyl sites for hydroxylation is 1. The van der Waals surface area contributed by atoms with Gasteiger partial charge in [-0.2, -0.15) is 0 Å². The average Bonchev–Trinajstić information content (AvgIpc) is 2.49. The zero-order valence-electron chi connectivity index (χ0n) is 12.0. The molecule has 1 N–H and O–H groups in total. The first kappa shape index (κ1) is 16.3. The fourth-order valence-corrected chi connectivity index (χ4v) is 2.76. The summed E-state index contributed by atoms with van der Waals surface area (Å²) in [5.41, 5.74) is 2.44. The topological polar surface area (TPSA) is 21.3 Å². The first-order chi connectivity index (χ1) is 9.99. The van der Waals surface area contributed by atoms with Crippen LogP contribution in [0.1, 0.15) is 22.7 Å². The largest absolute Gasteiger partial charge is 0.496 e. The third-order valence-corrected chi connectivity index (χ3v) is 4.69. The summed E-state index contributed by atoms with van der Waals surface area (Å²) in [5, 5.41) is 3.21. The second-order valence-electron chi connectivity index (χ2n) is 4.72. The molecular weight excluding hydrogens is 357 g/mol. The summed E-state index contributed by atoms with van der Waals surface area (Å²) < 4.78 is 20.3. The molecule has 0 spiro atoms. The van der Waals surface area contributed by atoms with Crippen LogP contribution in [0.5, 0.6) is 5.75 Å². The van der Waals surface area contributed by atoms with Crippen molar-refractivity contribution in [3.05, 3.63) is 62.3 Å². The van der Waals surface area contributed by atoms with Crippen molar-refractivity contribution in [3.63, 3.8) is 0 Å². The Kier molecular flexibility index (Phi) is 5.25. The lowest BCUT2D eigenvalue weighted by Crippen LogP contribution is -2.19. The quantitative estimate of drug-likeness (QED) is 0.773. The Balaban J connectivity index is 2.52. The van der Waals surface area contributed by atoms with Gasteiger partial charge < -0.3 is 10.1 Å². The molecule has 1 unspecified atom stereocenters. The molecule has 0 aliphatic rings. The highest BCUT2D eigenvalue weighted by Gasteiger charge is 2.20. The minimum absolute atomic E-state index is 0.0897. The molecule has 0 amide bonds. The minimum atomic E-state index is -0.426. The van der Waals surface area contributed by atoms with Crippen LogP contribution in [0, 0.1) is 12.7 Å². The van der Waals surface area contributed by atoms with Crippen LogP contribution in [-0.4, -0.2) is 14.2 Å².